The molecule has 2 nitrogen and oxygen atoms in total. The van der Waals surface area contributed by atoms with E-state index in [1.54, 1.807) is 0 Å². The highest BCUT2D eigenvalue weighted by atomic mass is 35.5. The molecule has 0 bridgehead atoms. The summed E-state index contributed by atoms with van der Waals surface area (Å²) >= 11 is 10.8. The van der Waals surface area contributed by atoms with Crippen molar-refractivity contribution in [3.05, 3.63) is 22.7 Å². The molecule has 1 rings (SSSR count). The van der Waals surface area contributed by atoms with Crippen LogP contribution in [-0.2, 0) is 4.79 Å². The van der Waals surface area contributed by atoms with Crippen LogP contribution in [0.4, 0.5) is 0 Å². The quantitative estimate of drug-likeness (QED) is 0.674. The molecule has 1 aliphatic carbocycles. The lowest BCUT2D eigenvalue weighted by Crippen LogP contribution is -1.82. The van der Waals surface area contributed by atoms with Gasteiger partial charge in [-0.25, -0.2) is 4.79 Å². The number of halogens is 2. The van der Waals surface area contributed by atoms with Crippen LogP contribution in [0.15, 0.2) is 22.7 Å². The Morgan fingerprint density at radius 3 is 2.08 bits per heavy atom. The van der Waals surface area contributed by atoms with Gasteiger partial charge in [0.25, 0.3) is 0 Å². The smallest absolute Gasteiger partial charge is 0.327 e. The Kier molecular flexibility index (Phi) is 5.02. The van der Waals surface area contributed by atoms with E-state index in [4.69, 9.17) is 28.3 Å². The minimum Gasteiger partial charge on any atom is -0.478 e. The summed E-state index contributed by atoms with van der Waals surface area (Å²) in [7, 11) is 0. The summed E-state index contributed by atoms with van der Waals surface area (Å²) in [5.41, 5.74) is 1.21. The van der Waals surface area contributed by atoms with Crippen molar-refractivity contribution in [2.45, 2.75) is 13.3 Å². The van der Waals surface area contributed by atoms with Gasteiger partial charge in [-0.1, -0.05) is 36.7 Å². The first-order valence-electron chi connectivity index (χ1n) is 3.38. The van der Waals surface area contributed by atoms with Gasteiger partial charge in [-0.3, -0.25) is 0 Å². The monoisotopic (exact) mass is 208 g/mol. The molecule has 0 aromatic heterocycles. The van der Waals surface area contributed by atoms with Gasteiger partial charge < -0.3 is 5.11 Å². The molecule has 0 heterocycles. The average Bonchev–Trinajstić information content (AvgIpc) is 2.68. The Morgan fingerprint density at radius 1 is 1.75 bits per heavy atom. The third-order valence-corrected chi connectivity index (χ3v) is 1.86. The minimum absolute atomic E-state index is 0.479. The SMILES string of the molecule is C=CC(=O)O.CC1CC1=C(Cl)Cl. The van der Waals surface area contributed by atoms with E-state index in [2.05, 4.69) is 13.5 Å². The van der Waals surface area contributed by atoms with Gasteiger partial charge in [0.2, 0.25) is 0 Å². The lowest BCUT2D eigenvalue weighted by atomic mass is 10.5. The first-order valence-corrected chi connectivity index (χ1v) is 4.14. The van der Waals surface area contributed by atoms with E-state index in [0.29, 0.717) is 10.4 Å². The summed E-state index contributed by atoms with van der Waals surface area (Å²) in [5, 5.41) is 7.60. The van der Waals surface area contributed by atoms with E-state index < -0.39 is 5.97 Å². The molecule has 1 atom stereocenters. The topological polar surface area (TPSA) is 37.3 Å². The van der Waals surface area contributed by atoms with Crippen LogP contribution in [0.25, 0.3) is 0 Å². The highest BCUT2D eigenvalue weighted by Crippen LogP contribution is 2.41. The molecule has 1 fully saturated rings. The molecule has 68 valence electrons. The van der Waals surface area contributed by atoms with Crippen LogP contribution in [0.1, 0.15) is 13.3 Å². The van der Waals surface area contributed by atoms with Gasteiger partial charge in [-0.2, -0.15) is 0 Å². The lowest BCUT2D eigenvalue weighted by molar-refractivity contribution is -0.131. The summed E-state index contributed by atoms with van der Waals surface area (Å²) < 4.78 is 0.479. The average molecular weight is 209 g/mol. The molecular weight excluding hydrogens is 199 g/mol. The second-order valence-electron chi connectivity index (χ2n) is 2.43. The maximum Gasteiger partial charge on any atom is 0.327 e. The zero-order chi connectivity index (χ0) is 9.72. The van der Waals surface area contributed by atoms with Gasteiger partial charge >= 0.3 is 5.97 Å². The Bertz CT molecular complexity index is 217. The van der Waals surface area contributed by atoms with Crippen molar-refractivity contribution in [3.63, 3.8) is 0 Å². The Labute approximate surface area is 81.5 Å². The predicted octanol–water partition coefficient (Wildman–Crippen LogP) is 2.97. The fraction of sp³-hybridized carbons (Fsp3) is 0.375. The highest BCUT2D eigenvalue weighted by Gasteiger charge is 2.26. The second kappa shape index (κ2) is 5.22. The molecule has 0 aromatic carbocycles. The number of allylic oxidation sites excluding steroid dienone is 1. The van der Waals surface area contributed by atoms with Crippen molar-refractivity contribution in [2.24, 2.45) is 5.92 Å². The van der Waals surface area contributed by atoms with Crippen molar-refractivity contribution < 1.29 is 9.90 Å². The summed E-state index contributed by atoms with van der Waals surface area (Å²) in [6.07, 6.45) is 1.93. The van der Waals surface area contributed by atoms with Crippen molar-refractivity contribution in [2.75, 3.05) is 0 Å². The van der Waals surface area contributed by atoms with Crippen LogP contribution in [0, 0.1) is 5.92 Å². The first kappa shape index (κ1) is 11.5. The van der Waals surface area contributed by atoms with Crippen LogP contribution < -0.4 is 0 Å². The van der Waals surface area contributed by atoms with Crippen LogP contribution in [0.3, 0.4) is 0 Å². The number of hydrogen-bond donors (Lipinski definition) is 1. The molecule has 4 heteroatoms. The predicted molar refractivity (Wildman–Crippen MR) is 50.3 cm³/mol. The van der Waals surface area contributed by atoms with Crippen LogP contribution in [0.2, 0.25) is 0 Å². The van der Waals surface area contributed by atoms with E-state index >= 15 is 0 Å². The van der Waals surface area contributed by atoms with E-state index in [-0.39, 0.29) is 0 Å². The molecule has 1 unspecified atom stereocenters. The van der Waals surface area contributed by atoms with E-state index in [9.17, 15) is 4.79 Å². The van der Waals surface area contributed by atoms with Crippen molar-refractivity contribution >= 4 is 29.2 Å². The van der Waals surface area contributed by atoms with E-state index in [0.717, 1.165) is 12.5 Å². The molecular formula is C8H10Cl2O2. The van der Waals surface area contributed by atoms with Gasteiger partial charge in [0.1, 0.15) is 4.49 Å². The number of hydrogen-bond acceptors (Lipinski definition) is 1. The first-order chi connectivity index (χ1) is 5.49. The van der Waals surface area contributed by atoms with Crippen molar-refractivity contribution in [1.82, 2.24) is 0 Å². The molecule has 12 heavy (non-hydrogen) atoms. The maximum atomic E-state index is 9.25. The van der Waals surface area contributed by atoms with Crippen LogP contribution >= 0.6 is 23.2 Å². The Balaban J connectivity index is 0.000000217. The molecule has 0 spiro atoms. The number of carboxylic acid groups (broad SMARTS) is 1. The molecule has 0 saturated heterocycles. The van der Waals surface area contributed by atoms with Crippen molar-refractivity contribution in [3.8, 4) is 0 Å². The summed E-state index contributed by atoms with van der Waals surface area (Å²) in [6.45, 7) is 5.07. The highest BCUT2D eigenvalue weighted by molar-refractivity contribution is 6.56. The van der Waals surface area contributed by atoms with Crippen LogP contribution in [0.5, 0.6) is 0 Å². The number of rotatable bonds is 1. The largest absolute Gasteiger partial charge is 0.478 e. The standard InChI is InChI=1S/C5H6Cl2.C3H4O2/c1-3-2-4(3)5(6)7;1-2-3(4)5/h3H,2H2,1H3;2H,1H2,(H,4,5). The zero-order valence-electron chi connectivity index (χ0n) is 6.68. The molecule has 0 aromatic rings. The minimum atomic E-state index is -0.981. The van der Waals surface area contributed by atoms with Gasteiger partial charge in [0.05, 0.1) is 0 Å². The molecule has 0 radical (unpaired) electrons. The normalized spacial score (nSPS) is 18.9. The van der Waals surface area contributed by atoms with Crippen molar-refractivity contribution in [1.29, 1.82) is 0 Å². The zero-order valence-corrected chi connectivity index (χ0v) is 8.19. The Hall–Kier alpha value is -0.470. The summed E-state index contributed by atoms with van der Waals surface area (Å²) in [4.78, 5) is 9.25. The number of carbonyl (C=O) groups is 1. The van der Waals surface area contributed by atoms with Gasteiger partial charge in [0, 0.05) is 6.08 Å². The summed E-state index contributed by atoms with van der Waals surface area (Å²) in [5.74, 6) is -0.324. The number of carboxylic acids is 1. The van der Waals surface area contributed by atoms with E-state index in [1.165, 1.54) is 5.57 Å². The fourth-order valence-corrected chi connectivity index (χ4v) is 1.06. The molecule has 1 N–H and O–H groups in total. The second-order valence-corrected chi connectivity index (χ2v) is 3.38. The molecule has 0 aliphatic heterocycles. The van der Waals surface area contributed by atoms with Gasteiger partial charge in [-0.15, -0.1) is 0 Å². The Morgan fingerprint density at radius 2 is 2.08 bits per heavy atom. The third kappa shape index (κ3) is 5.22. The lowest BCUT2D eigenvalue weighted by Gasteiger charge is -1.73. The summed E-state index contributed by atoms with van der Waals surface area (Å²) in [6, 6.07) is 0. The molecule has 1 aliphatic rings. The maximum absolute atomic E-state index is 9.25. The van der Waals surface area contributed by atoms with Gasteiger partial charge in [0.15, 0.2) is 0 Å². The molecule has 0 amide bonds. The third-order valence-electron chi connectivity index (χ3n) is 1.38. The number of aliphatic carboxylic acids is 1. The fourth-order valence-electron chi connectivity index (χ4n) is 0.534. The van der Waals surface area contributed by atoms with Crippen LogP contribution in [-0.4, -0.2) is 11.1 Å². The molecule has 1 saturated carbocycles. The van der Waals surface area contributed by atoms with E-state index in [1.807, 2.05) is 0 Å². The van der Waals surface area contributed by atoms with Gasteiger partial charge in [-0.05, 0) is 17.9 Å².